The van der Waals surface area contributed by atoms with Crippen LogP contribution in [0, 0.1) is 0 Å². The fourth-order valence-electron chi connectivity index (χ4n) is 1.67. The van der Waals surface area contributed by atoms with Crippen LogP contribution in [0.2, 0.25) is 0 Å². The quantitative estimate of drug-likeness (QED) is 0.689. The Labute approximate surface area is 109 Å². The van der Waals surface area contributed by atoms with Crippen molar-refractivity contribution in [2.24, 2.45) is 0 Å². The van der Waals surface area contributed by atoms with Crippen molar-refractivity contribution < 1.29 is 9.32 Å². The maximum atomic E-state index is 11.9. The summed E-state index contributed by atoms with van der Waals surface area (Å²) in [6, 6.07) is 0. The van der Waals surface area contributed by atoms with E-state index in [1.807, 2.05) is 6.92 Å². The second-order valence-corrected chi connectivity index (χ2v) is 4.07. The molecule has 0 aliphatic heterocycles. The largest absolute Gasteiger partial charge is 0.395 e. The standard InChI is InChI=1S/C11H16N6O2/c1-2-3-7-9(12)10(16-15-7)11(18)13-5-4-8-14-6-19-17-8/h6H,2-5,12H2,1H3,(H,13,18)(H,15,16). The number of nitrogens with two attached hydrogens (primary N) is 1. The molecule has 0 spiro atoms. The summed E-state index contributed by atoms with van der Waals surface area (Å²) in [6.07, 6.45) is 3.45. The van der Waals surface area contributed by atoms with Crippen LogP contribution in [0.1, 0.15) is 35.4 Å². The number of anilines is 1. The highest BCUT2D eigenvalue weighted by molar-refractivity contribution is 5.97. The lowest BCUT2D eigenvalue weighted by molar-refractivity contribution is 0.0950. The SMILES string of the molecule is CCCc1[nH]nc(C(=O)NCCc2ncon2)c1N. The number of nitrogens with one attached hydrogen (secondary N) is 2. The molecule has 2 aromatic heterocycles. The summed E-state index contributed by atoms with van der Waals surface area (Å²) in [5.74, 6) is 0.238. The number of aromatic nitrogens is 4. The number of nitrogen functional groups attached to an aromatic ring is 1. The monoisotopic (exact) mass is 264 g/mol. The Hall–Kier alpha value is -2.38. The van der Waals surface area contributed by atoms with E-state index < -0.39 is 0 Å². The summed E-state index contributed by atoms with van der Waals surface area (Å²) in [5, 5.41) is 13.1. The van der Waals surface area contributed by atoms with Gasteiger partial charge < -0.3 is 15.6 Å². The third kappa shape index (κ3) is 3.09. The first-order valence-electron chi connectivity index (χ1n) is 6.08. The topological polar surface area (TPSA) is 123 Å². The number of H-pyrrole nitrogens is 1. The first-order chi connectivity index (χ1) is 9.22. The average molecular weight is 264 g/mol. The lowest BCUT2D eigenvalue weighted by atomic mass is 10.2. The molecule has 102 valence electrons. The van der Waals surface area contributed by atoms with Gasteiger partial charge in [0.2, 0.25) is 6.39 Å². The van der Waals surface area contributed by atoms with E-state index in [2.05, 4.69) is 30.2 Å². The maximum absolute atomic E-state index is 11.9. The zero-order valence-corrected chi connectivity index (χ0v) is 10.6. The van der Waals surface area contributed by atoms with Crippen LogP contribution in [-0.4, -0.2) is 32.8 Å². The Morgan fingerprint density at radius 2 is 2.37 bits per heavy atom. The molecule has 8 nitrogen and oxygen atoms in total. The molecule has 0 fully saturated rings. The third-order valence-corrected chi connectivity index (χ3v) is 2.64. The summed E-state index contributed by atoms with van der Waals surface area (Å²) >= 11 is 0. The first-order valence-corrected chi connectivity index (χ1v) is 6.08. The van der Waals surface area contributed by atoms with Crippen molar-refractivity contribution >= 4 is 11.6 Å². The van der Waals surface area contributed by atoms with Gasteiger partial charge in [0.05, 0.1) is 11.4 Å². The lowest BCUT2D eigenvalue weighted by Gasteiger charge is -2.02. The first kappa shape index (κ1) is 13.1. The molecule has 0 saturated carbocycles. The summed E-state index contributed by atoms with van der Waals surface area (Å²) in [6.45, 7) is 2.43. The van der Waals surface area contributed by atoms with Gasteiger partial charge in [-0.3, -0.25) is 9.89 Å². The molecule has 0 aromatic carbocycles. The summed E-state index contributed by atoms with van der Waals surface area (Å²) < 4.78 is 4.59. The Morgan fingerprint density at radius 3 is 3.05 bits per heavy atom. The molecule has 0 bridgehead atoms. The van der Waals surface area contributed by atoms with Gasteiger partial charge in [0.1, 0.15) is 0 Å². The predicted octanol–water partition coefficient (Wildman–Crippen LogP) is 0.300. The van der Waals surface area contributed by atoms with Crippen molar-refractivity contribution in [1.82, 2.24) is 25.7 Å². The highest BCUT2D eigenvalue weighted by atomic mass is 16.5. The fourth-order valence-corrected chi connectivity index (χ4v) is 1.67. The lowest BCUT2D eigenvalue weighted by Crippen LogP contribution is -2.27. The van der Waals surface area contributed by atoms with Crippen LogP contribution in [0.4, 0.5) is 5.69 Å². The molecule has 0 saturated heterocycles. The minimum absolute atomic E-state index is 0.233. The van der Waals surface area contributed by atoms with Gasteiger partial charge in [-0.05, 0) is 6.42 Å². The van der Waals surface area contributed by atoms with E-state index in [1.54, 1.807) is 0 Å². The molecule has 2 aromatic rings. The number of carbonyl (C=O) groups is 1. The second-order valence-electron chi connectivity index (χ2n) is 4.07. The molecular formula is C11H16N6O2. The van der Waals surface area contributed by atoms with Gasteiger partial charge in [-0.15, -0.1) is 0 Å². The van der Waals surface area contributed by atoms with Gasteiger partial charge in [-0.2, -0.15) is 10.1 Å². The van der Waals surface area contributed by atoms with Crippen LogP contribution in [0.5, 0.6) is 0 Å². The van der Waals surface area contributed by atoms with Crippen molar-refractivity contribution in [2.75, 3.05) is 12.3 Å². The number of nitrogens with zero attached hydrogens (tertiary/aromatic N) is 3. The molecule has 0 atom stereocenters. The van der Waals surface area contributed by atoms with Crippen molar-refractivity contribution in [1.29, 1.82) is 0 Å². The number of hydrogen-bond donors (Lipinski definition) is 3. The molecule has 4 N–H and O–H groups in total. The van der Waals surface area contributed by atoms with E-state index in [1.165, 1.54) is 6.39 Å². The molecule has 0 aliphatic rings. The van der Waals surface area contributed by atoms with E-state index in [0.717, 1.165) is 18.5 Å². The van der Waals surface area contributed by atoms with Gasteiger partial charge in [0.15, 0.2) is 11.5 Å². The van der Waals surface area contributed by atoms with Crippen LogP contribution >= 0.6 is 0 Å². The van der Waals surface area contributed by atoms with Crippen molar-refractivity contribution in [3.8, 4) is 0 Å². The number of rotatable bonds is 6. The van der Waals surface area contributed by atoms with E-state index in [9.17, 15) is 4.79 Å². The molecule has 8 heteroatoms. The van der Waals surface area contributed by atoms with E-state index in [-0.39, 0.29) is 11.6 Å². The molecule has 0 aliphatic carbocycles. The van der Waals surface area contributed by atoms with E-state index in [0.29, 0.717) is 24.5 Å². The molecule has 0 unspecified atom stereocenters. The zero-order chi connectivity index (χ0) is 13.7. The van der Waals surface area contributed by atoms with Crippen LogP contribution in [0.3, 0.4) is 0 Å². The fraction of sp³-hybridized carbons (Fsp3) is 0.455. The minimum Gasteiger partial charge on any atom is -0.395 e. The van der Waals surface area contributed by atoms with Crippen LogP contribution in [0.25, 0.3) is 0 Å². The highest BCUT2D eigenvalue weighted by Gasteiger charge is 2.16. The molecular weight excluding hydrogens is 248 g/mol. The Balaban J connectivity index is 1.89. The van der Waals surface area contributed by atoms with Gasteiger partial charge in [-0.25, -0.2) is 0 Å². The highest BCUT2D eigenvalue weighted by Crippen LogP contribution is 2.15. The van der Waals surface area contributed by atoms with Crippen LogP contribution in [0.15, 0.2) is 10.9 Å². The van der Waals surface area contributed by atoms with E-state index >= 15 is 0 Å². The number of carbonyl (C=O) groups excluding carboxylic acids is 1. The summed E-state index contributed by atoms with van der Waals surface area (Å²) in [7, 11) is 0. The Bertz CT molecular complexity index is 533. The van der Waals surface area contributed by atoms with Crippen LogP contribution < -0.4 is 11.1 Å². The minimum atomic E-state index is -0.306. The molecule has 0 radical (unpaired) electrons. The number of hydrogen-bond acceptors (Lipinski definition) is 6. The normalized spacial score (nSPS) is 10.6. The van der Waals surface area contributed by atoms with Gasteiger partial charge in [0.25, 0.3) is 5.91 Å². The number of amides is 1. The molecule has 1 amide bonds. The smallest absolute Gasteiger partial charge is 0.273 e. The summed E-state index contributed by atoms with van der Waals surface area (Å²) in [5.41, 5.74) is 7.31. The van der Waals surface area contributed by atoms with Crippen molar-refractivity contribution in [3.63, 3.8) is 0 Å². The van der Waals surface area contributed by atoms with Gasteiger partial charge in [0, 0.05) is 13.0 Å². The van der Waals surface area contributed by atoms with E-state index in [4.69, 9.17) is 5.73 Å². The second kappa shape index (κ2) is 5.98. The Kier molecular flexibility index (Phi) is 4.11. The molecule has 2 heterocycles. The Morgan fingerprint density at radius 1 is 1.53 bits per heavy atom. The zero-order valence-electron chi connectivity index (χ0n) is 10.6. The predicted molar refractivity (Wildman–Crippen MR) is 67.3 cm³/mol. The molecule has 19 heavy (non-hydrogen) atoms. The van der Waals surface area contributed by atoms with Crippen molar-refractivity contribution in [3.05, 3.63) is 23.6 Å². The molecule has 2 rings (SSSR count). The van der Waals surface area contributed by atoms with Gasteiger partial charge >= 0.3 is 0 Å². The summed E-state index contributed by atoms with van der Waals surface area (Å²) in [4.78, 5) is 15.7. The van der Waals surface area contributed by atoms with Crippen molar-refractivity contribution in [2.45, 2.75) is 26.2 Å². The maximum Gasteiger partial charge on any atom is 0.273 e. The van der Waals surface area contributed by atoms with Crippen LogP contribution in [-0.2, 0) is 12.8 Å². The average Bonchev–Trinajstić information content (AvgIpc) is 3.01. The number of aromatic amines is 1. The number of aryl methyl sites for hydroxylation is 1. The van der Waals surface area contributed by atoms with Gasteiger partial charge in [-0.1, -0.05) is 18.5 Å². The third-order valence-electron chi connectivity index (χ3n) is 2.64.